The van der Waals surface area contributed by atoms with Crippen LogP contribution in [-0.2, 0) is 0 Å². The van der Waals surface area contributed by atoms with E-state index >= 15 is 0 Å². The molecule has 1 saturated carbocycles. The molecule has 0 spiro atoms. The Morgan fingerprint density at radius 2 is 2.00 bits per heavy atom. The maximum Gasteiger partial charge on any atom is 0.171 e. The molecule has 2 aromatic heterocycles. The van der Waals surface area contributed by atoms with Gasteiger partial charge in [0.15, 0.2) is 5.82 Å². The molecule has 1 N–H and O–H groups in total. The van der Waals surface area contributed by atoms with E-state index in [0.717, 1.165) is 16.5 Å². The van der Waals surface area contributed by atoms with E-state index in [2.05, 4.69) is 51.9 Å². The van der Waals surface area contributed by atoms with Crippen LogP contribution in [0.1, 0.15) is 42.2 Å². The monoisotopic (exact) mass is 399 g/mol. The number of nitrogens with zero attached hydrogens (tertiary/aromatic N) is 2. The van der Waals surface area contributed by atoms with Crippen LogP contribution in [0.25, 0.3) is 10.7 Å². The molecule has 2 heterocycles. The molecule has 0 radical (unpaired) electrons. The third-order valence-electron chi connectivity index (χ3n) is 3.82. The van der Waals surface area contributed by atoms with Gasteiger partial charge in [0.1, 0.15) is 5.82 Å². The van der Waals surface area contributed by atoms with Crippen LogP contribution >= 0.6 is 33.9 Å². The molecule has 20 heavy (non-hydrogen) atoms. The highest BCUT2D eigenvalue weighted by Crippen LogP contribution is 2.38. The van der Waals surface area contributed by atoms with Crippen LogP contribution in [0.5, 0.6) is 0 Å². The first kappa shape index (κ1) is 14.3. The second kappa shape index (κ2) is 5.97. The van der Waals surface area contributed by atoms with Gasteiger partial charge in [-0.3, -0.25) is 0 Å². The molecule has 106 valence electrons. The molecule has 5 heteroatoms. The summed E-state index contributed by atoms with van der Waals surface area (Å²) in [5.41, 5.74) is 1.24. The number of hydrogen-bond donors (Lipinski definition) is 1. The van der Waals surface area contributed by atoms with Gasteiger partial charge in [-0.25, -0.2) is 9.97 Å². The summed E-state index contributed by atoms with van der Waals surface area (Å²) in [6.07, 6.45) is 5.18. The predicted molar refractivity (Wildman–Crippen MR) is 93.6 cm³/mol. The van der Waals surface area contributed by atoms with Crippen molar-refractivity contribution in [2.24, 2.45) is 0 Å². The van der Waals surface area contributed by atoms with Crippen molar-refractivity contribution in [1.82, 2.24) is 9.97 Å². The highest BCUT2D eigenvalue weighted by atomic mass is 127. The molecule has 0 aromatic carbocycles. The van der Waals surface area contributed by atoms with Crippen LogP contribution in [0, 0.1) is 10.5 Å². The summed E-state index contributed by atoms with van der Waals surface area (Å²) in [5, 5.41) is 3.22. The van der Waals surface area contributed by atoms with Gasteiger partial charge in [-0.15, -0.1) is 11.3 Å². The van der Waals surface area contributed by atoms with Gasteiger partial charge < -0.3 is 5.32 Å². The fraction of sp³-hybridized carbons (Fsp3) is 0.467. The number of aryl methyl sites for hydroxylation is 1. The van der Waals surface area contributed by atoms with E-state index in [4.69, 9.17) is 4.98 Å². The molecule has 0 saturated heterocycles. The highest BCUT2D eigenvalue weighted by Gasteiger charge is 2.24. The van der Waals surface area contributed by atoms with E-state index in [1.807, 2.05) is 7.05 Å². The zero-order valence-electron chi connectivity index (χ0n) is 11.7. The summed E-state index contributed by atoms with van der Waals surface area (Å²) in [6.45, 7) is 2.12. The molecular weight excluding hydrogens is 381 g/mol. The summed E-state index contributed by atoms with van der Waals surface area (Å²) in [6, 6.07) is 4.26. The molecule has 1 aliphatic rings. The first-order valence-electron chi connectivity index (χ1n) is 7.01. The standard InChI is InChI=1S/C15H18IN3S/c1-9-7-8-11(20-9)14-18-13(10-5-3-4-6-10)12(16)15(17-2)19-14/h7-8,10H,3-6H2,1-2H3,(H,17,18,19). The Morgan fingerprint density at radius 1 is 1.25 bits per heavy atom. The van der Waals surface area contributed by atoms with Crippen LogP contribution in [0.4, 0.5) is 5.82 Å². The molecule has 3 rings (SSSR count). The maximum atomic E-state index is 4.90. The molecule has 3 nitrogen and oxygen atoms in total. The van der Waals surface area contributed by atoms with Gasteiger partial charge >= 0.3 is 0 Å². The fourth-order valence-corrected chi connectivity index (χ4v) is 4.52. The van der Waals surface area contributed by atoms with Gasteiger partial charge in [-0.1, -0.05) is 12.8 Å². The number of hydrogen-bond acceptors (Lipinski definition) is 4. The van der Waals surface area contributed by atoms with E-state index in [9.17, 15) is 0 Å². The first-order chi connectivity index (χ1) is 9.69. The average Bonchev–Trinajstić information content (AvgIpc) is 3.10. The van der Waals surface area contributed by atoms with Crippen LogP contribution in [0.2, 0.25) is 0 Å². The van der Waals surface area contributed by atoms with Crippen molar-refractivity contribution in [1.29, 1.82) is 0 Å². The van der Waals surface area contributed by atoms with Gasteiger partial charge in [0, 0.05) is 17.8 Å². The van der Waals surface area contributed by atoms with Gasteiger partial charge in [0.2, 0.25) is 0 Å². The molecule has 0 unspecified atom stereocenters. The van der Waals surface area contributed by atoms with Gasteiger partial charge in [0.25, 0.3) is 0 Å². The van der Waals surface area contributed by atoms with E-state index in [1.54, 1.807) is 11.3 Å². The van der Waals surface area contributed by atoms with Crippen LogP contribution in [0.15, 0.2) is 12.1 Å². The molecule has 0 aliphatic heterocycles. The average molecular weight is 399 g/mol. The van der Waals surface area contributed by atoms with Crippen LogP contribution in [0.3, 0.4) is 0 Å². The van der Waals surface area contributed by atoms with Crippen molar-refractivity contribution < 1.29 is 0 Å². The molecule has 1 aliphatic carbocycles. The smallest absolute Gasteiger partial charge is 0.171 e. The lowest BCUT2D eigenvalue weighted by molar-refractivity contribution is 0.691. The number of thiophene rings is 1. The number of nitrogens with one attached hydrogen (secondary N) is 1. The number of anilines is 1. The lowest BCUT2D eigenvalue weighted by atomic mass is 10.0. The minimum absolute atomic E-state index is 0.608. The Balaban J connectivity index is 2.09. The summed E-state index contributed by atoms with van der Waals surface area (Å²) in [7, 11) is 1.94. The Hall–Kier alpha value is -0.690. The van der Waals surface area contributed by atoms with Crippen molar-refractivity contribution in [2.45, 2.75) is 38.5 Å². The maximum absolute atomic E-state index is 4.90. The van der Waals surface area contributed by atoms with Crippen molar-refractivity contribution in [3.63, 3.8) is 0 Å². The number of rotatable bonds is 3. The number of halogens is 1. The first-order valence-corrected chi connectivity index (χ1v) is 8.90. The minimum Gasteiger partial charge on any atom is -0.372 e. The van der Waals surface area contributed by atoms with Crippen molar-refractivity contribution in [3.05, 3.63) is 26.3 Å². The van der Waals surface area contributed by atoms with E-state index in [-0.39, 0.29) is 0 Å². The van der Waals surface area contributed by atoms with E-state index in [0.29, 0.717) is 5.92 Å². The minimum atomic E-state index is 0.608. The summed E-state index contributed by atoms with van der Waals surface area (Å²) in [5.74, 6) is 2.44. The van der Waals surface area contributed by atoms with Crippen molar-refractivity contribution in [3.8, 4) is 10.7 Å². The van der Waals surface area contributed by atoms with Crippen molar-refractivity contribution in [2.75, 3.05) is 12.4 Å². The zero-order valence-corrected chi connectivity index (χ0v) is 14.7. The molecule has 1 fully saturated rings. The Kier molecular flexibility index (Phi) is 4.26. The lowest BCUT2D eigenvalue weighted by Gasteiger charge is -2.15. The molecule has 0 bridgehead atoms. The molecule has 0 amide bonds. The highest BCUT2D eigenvalue weighted by molar-refractivity contribution is 14.1. The molecular formula is C15H18IN3S. The molecule has 0 atom stereocenters. The van der Waals surface area contributed by atoms with Crippen LogP contribution < -0.4 is 5.32 Å². The normalized spacial score (nSPS) is 15.8. The predicted octanol–water partition coefficient (Wildman–Crippen LogP) is 4.82. The van der Waals surface area contributed by atoms with Gasteiger partial charge in [0.05, 0.1) is 14.1 Å². The zero-order chi connectivity index (χ0) is 14.1. The number of aromatic nitrogens is 2. The van der Waals surface area contributed by atoms with Crippen LogP contribution in [-0.4, -0.2) is 17.0 Å². The van der Waals surface area contributed by atoms with Crippen molar-refractivity contribution >= 4 is 39.7 Å². The quantitative estimate of drug-likeness (QED) is 0.753. The third-order valence-corrected chi connectivity index (χ3v) is 5.88. The largest absolute Gasteiger partial charge is 0.372 e. The summed E-state index contributed by atoms with van der Waals surface area (Å²) < 4.78 is 1.19. The fourth-order valence-electron chi connectivity index (χ4n) is 2.76. The topological polar surface area (TPSA) is 37.8 Å². The van der Waals surface area contributed by atoms with E-state index < -0.39 is 0 Å². The summed E-state index contributed by atoms with van der Waals surface area (Å²) >= 11 is 4.15. The Bertz CT molecular complexity index is 618. The van der Waals surface area contributed by atoms with Gasteiger partial charge in [-0.2, -0.15) is 0 Å². The Labute approximate surface area is 137 Å². The lowest BCUT2D eigenvalue weighted by Crippen LogP contribution is -2.07. The summed E-state index contributed by atoms with van der Waals surface area (Å²) in [4.78, 5) is 12.0. The van der Waals surface area contributed by atoms with Gasteiger partial charge in [-0.05, 0) is 54.5 Å². The second-order valence-electron chi connectivity index (χ2n) is 5.24. The SMILES string of the molecule is CNc1nc(-c2ccc(C)s2)nc(C2CCCC2)c1I. The molecule has 2 aromatic rings. The Morgan fingerprint density at radius 3 is 2.60 bits per heavy atom. The van der Waals surface area contributed by atoms with E-state index in [1.165, 1.54) is 39.8 Å². The third kappa shape index (κ3) is 2.70. The second-order valence-corrected chi connectivity index (χ2v) is 7.60.